The summed E-state index contributed by atoms with van der Waals surface area (Å²) < 4.78 is 69.1. The van der Waals surface area contributed by atoms with Crippen LogP contribution in [0.4, 0.5) is 24.7 Å². The minimum absolute atomic E-state index is 0.0153. The lowest BCUT2D eigenvalue weighted by atomic mass is 9.71. The van der Waals surface area contributed by atoms with E-state index in [0.717, 1.165) is 6.26 Å². The number of alkyl halides is 3. The Bertz CT molecular complexity index is 1730. The third-order valence-electron chi connectivity index (χ3n) is 7.98. The molecular weight excluding hydrogens is 591 g/mol. The molecule has 16 heteroatoms. The van der Waals surface area contributed by atoms with E-state index in [1.54, 1.807) is 13.8 Å². The normalized spacial score (nSPS) is 19.7. The molecule has 1 aromatic carbocycles. The Labute approximate surface area is 245 Å². The summed E-state index contributed by atoms with van der Waals surface area (Å²) in [6.45, 7) is 4.36. The molecule has 3 aromatic rings. The fourth-order valence-corrected chi connectivity index (χ4v) is 6.24. The number of sulfonamides is 1. The summed E-state index contributed by atoms with van der Waals surface area (Å²) in [7, 11) is -3.93. The third kappa shape index (κ3) is 5.85. The summed E-state index contributed by atoms with van der Waals surface area (Å²) in [6, 6.07) is 2.09. The molecule has 1 atom stereocenters. The first-order valence-corrected chi connectivity index (χ1v) is 15.5. The Hall–Kier alpha value is -3.92. The first kappa shape index (κ1) is 30.5. The number of anilines is 2. The van der Waals surface area contributed by atoms with Gasteiger partial charge in [-0.15, -0.1) is 5.10 Å². The molecule has 0 unspecified atom stereocenters. The fraction of sp³-hybridized carbons (Fsp3) is 0.481. The number of nitrogens with zero attached hydrogens (tertiary/aromatic N) is 4. The van der Waals surface area contributed by atoms with Gasteiger partial charge in [-0.1, -0.05) is 6.92 Å². The van der Waals surface area contributed by atoms with E-state index in [1.807, 2.05) is 0 Å². The van der Waals surface area contributed by atoms with Crippen molar-refractivity contribution in [1.82, 2.24) is 24.8 Å². The van der Waals surface area contributed by atoms with Crippen LogP contribution in [0.5, 0.6) is 0 Å². The molecule has 1 aliphatic carbocycles. The van der Waals surface area contributed by atoms with E-state index in [9.17, 15) is 36.3 Å². The van der Waals surface area contributed by atoms with E-state index in [0.29, 0.717) is 23.3 Å². The van der Waals surface area contributed by atoms with Gasteiger partial charge in [-0.25, -0.2) is 17.9 Å². The van der Waals surface area contributed by atoms with E-state index in [-0.39, 0.29) is 64.5 Å². The highest BCUT2D eigenvalue weighted by atomic mass is 32.2. The van der Waals surface area contributed by atoms with Crippen LogP contribution in [0.1, 0.15) is 66.3 Å². The van der Waals surface area contributed by atoms with Gasteiger partial charge in [0.25, 0.3) is 11.8 Å². The van der Waals surface area contributed by atoms with Gasteiger partial charge in [-0.2, -0.15) is 13.2 Å². The SMILES string of the molecule is CC[C@H](N1Cc2cc(-c3ccn4nc(N)c(C(=O)NC5CC(C(C)(C)O)C5)c4n3)cc(NS(C)(=O)=O)c2C1=O)C(F)(F)F. The van der Waals surface area contributed by atoms with Crippen molar-refractivity contribution >= 4 is 39.0 Å². The number of aliphatic hydroxyl groups is 1. The average molecular weight is 624 g/mol. The maximum atomic E-state index is 13.7. The number of nitrogens with two attached hydrogens (primary N) is 1. The first-order chi connectivity index (χ1) is 19.9. The Morgan fingerprint density at radius 2 is 1.93 bits per heavy atom. The second-order valence-electron chi connectivity index (χ2n) is 11.7. The fourth-order valence-electron chi connectivity index (χ4n) is 5.68. The van der Waals surface area contributed by atoms with Crippen molar-refractivity contribution in [2.45, 2.75) is 70.4 Å². The molecule has 0 saturated heterocycles. The lowest BCUT2D eigenvalue weighted by Crippen LogP contribution is -2.51. The molecule has 2 aromatic heterocycles. The second-order valence-corrected chi connectivity index (χ2v) is 13.4. The monoisotopic (exact) mass is 623 g/mol. The van der Waals surface area contributed by atoms with Gasteiger partial charge in [0, 0.05) is 24.3 Å². The quantitative estimate of drug-likeness (QED) is 0.297. The first-order valence-electron chi connectivity index (χ1n) is 13.6. The number of hydrogen-bond acceptors (Lipinski definition) is 8. The van der Waals surface area contributed by atoms with E-state index >= 15 is 0 Å². The molecule has 43 heavy (non-hydrogen) atoms. The van der Waals surface area contributed by atoms with Crippen LogP contribution < -0.4 is 15.8 Å². The summed E-state index contributed by atoms with van der Waals surface area (Å²) in [4.78, 5) is 31.6. The number of nitrogen functional groups attached to an aromatic ring is 1. The molecule has 0 radical (unpaired) electrons. The standard InChI is InChI=1S/C27H32F3N7O5S/c1-5-19(27(28,29)30)36-12-14-8-13(9-18(20(14)25(36)39)35-43(4,41)42)17-6-7-37-23(33-17)21(22(31)34-37)24(38)32-16-10-15(11-16)26(2,3)40/h6-9,15-16,19,35,40H,5,10-12H2,1-4H3,(H2,31,34)(H,32,38)/t15?,16?,19-/m0/s1. The van der Waals surface area contributed by atoms with Gasteiger partial charge < -0.3 is 21.1 Å². The van der Waals surface area contributed by atoms with Crippen molar-refractivity contribution in [3.05, 3.63) is 41.1 Å². The summed E-state index contributed by atoms with van der Waals surface area (Å²) in [5, 5.41) is 17.2. The molecule has 2 aliphatic rings. The van der Waals surface area contributed by atoms with Crippen molar-refractivity contribution in [3.63, 3.8) is 0 Å². The van der Waals surface area contributed by atoms with Crippen LogP contribution in [0, 0.1) is 5.92 Å². The van der Waals surface area contributed by atoms with E-state index in [4.69, 9.17) is 5.73 Å². The lowest BCUT2D eigenvalue weighted by Gasteiger charge is -2.42. The smallest absolute Gasteiger partial charge is 0.390 e. The maximum Gasteiger partial charge on any atom is 0.408 e. The van der Waals surface area contributed by atoms with Crippen molar-refractivity contribution in [1.29, 1.82) is 0 Å². The predicted molar refractivity (Wildman–Crippen MR) is 152 cm³/mol. The molecular formula is C27H32F3N7O5S. The number of fused-ring (bicyclic) bond motifs is 2. The predicted octanol–water partition coefficient (Wildman–Crippen LogP) is 2.93. The Kier molecular flexibility index (Phi) is 7.36. The number of hydrogen-bond donors (Lipinski definition) is 4. The van der Waals surface area contributed by atoms with Gasteiger partial charge in [0.15, 0.2) is 11.5 Å². The Morgan fingerprint density at radius 1 is 1.26 bits per heavy atom. The molecule has 1 fully saturated rings. The summed E-state index contributed by atoms with van der Waals surface area (Å²) in [6.07, 6.45) is -1.54. The molecule has 12 nitrogen and oxygen atoms in total. The van der Waals surface area contributed by atoms with Crippen molar-refractivity contribution in [3.8, 4) is 11.3 Å². The molecule has 1 aliphatic heterocycles. The Balaban J connectivity index is 1.52. The van der Waals surface area contributed by atoms with Crippen molar-refractivity contribution in [2.75, 3.05) is 16.7 Å². The van der Waals surface area contributed by atoms with Gasteiger partial charge in [-0.3, -0.25) is 14.3 Å². The van der Waals surface area contributed by atoms with Gasteiger partial charge in [-0.05, 0) is 62.8 Å². The lowest BCUT2D eigenvalue weighted by molar-refractivity contribution is -0.177. The molecule has 0 bridgehead atoms. The minimum Gasteiger partial charge on any atom is -0.390 e. The molecule has 2 amide bonds. The summed E-state index contributed by atoms with van der Waals surface area (Å²) in [5.74, 6) is -1.49. The number of benzene rings is 1. The van der Waals surface area contributed by atoms with Crippen molar-refractivity contribution in [2.24, 2.45) is 5.92 Å². The second kappa shape index (κ2) is 10.4. The molecule has 5 N–H and O–H groups in total. The third-order valence-corrected chi connectivity index (χ3v) is 8.57. The van der Waals surface area contributed by atoms with E-state index in [1.165, 1.54) is 35.8 Å². The van der Waals surface area contributed by atoms with Gasteiger partial charge in [0.05, 0.1) is 28.8 Å². The molecule has 0 spiro atoms. The number of carbonyl (C=O) groups excluding carboxylic acids is 2. The van der Waals surface area contributed by atoms with Crippen LogP contribution in [0.15, 0.2) is 24.4 Å². The zero-order chi connectivity index (χ0) is 31.6. The van der Waals surface area contributed by atoms with Crippen LogP contribution in [0.3, 0.4) is 0 Å². The van der Waals surface area contributed by atoms with Gasteiger partial charge in [0.2, 0.25) is 10.0 Å². The molecule has 5 rings (SSSR count). The topological polar surface area (TPSA) is 172 Å². The zero-order valence-electron chi connectivity index (χ0n) is 23.9. The number of carbonyl (C=O) groups is 2. The van der Waals surface area contributed by atoms with Crippen LogP contribution in [-0.2, 0) is 16.6 Å². The highest BCUT2D eigenvalue weighted by molar-refractivity contribution is 7.92. The minimum atomic E-state index is -4.68. The van der Waals surface area contributed by atoms with E-state index in [2.05, 4.69) is 20.1 Å². The van der Waals surface area contributed by atoms with Crippen LogP contribution in [0.2, 0.25) is 0 Å². The number of rotatable bonds is 8. The molecule has 3 heterocycles. The van der Waals surface area contributed by atoms with Crippen LogP contribution >= 0.6 is 0 Å². The van der Waals surface area contributed by atoms with E-state index < -0.39 is 39.7 Å². The molecule has 232 valence electrons. The Morgan fingerprint density at radius 3 is 2.51 bits per heavy atom. The summed E-state index contributed by atoms with van der Waals surface area (Å²) >= 11 is 0. The largest absolute Gasteiger partial charge is 0.408 e. The highest BCUT2D eigenvalue weighted by Crippen LogP contribution is 2.40. The maximum absolute atomic E-state index is 13.7. The number of aromatic nitrogens is 3. The molecule has 1 saturated carbocycles. The average Bonchev–Trinajstić information content (AvgIpc) is 3.34. The number of amides is 2. The van der Waals surface area contributed by atoms with Gasteiger partial charge in [0.1, 0.15) is 11.6 Å². The number of nitrogens with one attached hydrogen (secondary N) is 2. The summed E-state index contributed by atoms with van der Waals surface area (Å²) in [5.41, 5.74) is 5.68. The van der Waals surface area contributed by atoms with Gasteiger partial charge >= 0.3 is 6.18 Å². The van der Waals surface area contributed by atoms with Crippen LogP contribution in [-0.4, -0.2) is 75.0 Å². The van der Waals surface area contributed by atoms with Crippen molar-refractivity contribution < 1.29 is 36.3 Å². The number of halogens is 3. The van der Waals surface area contributed by atoms with Crippen LogP contribution in [0.25, 0.3) is 16.9 Å². The highest BCUT2D eigenvalue weighted by Gasteiger charge is 2.47. The zero-order valence-corrected chi connectivity index (χ0v) is 24.7.